The summed E-state index contributed by atoms with van der Waals surface area (Å²) < 4.78 is 6.98. The molecule has 2 aromatic heterocycles. The van der Waals surface area contributed by atoms with Crippen LogP contribution in [0.1, 0.15) is 29.8 Å². The molecule has 1 amide bonds. The molecular weight excluding hydrogens is 404 g/mol. The maximum absolute atomic E-state index is 12.7. The number of nitrogens with one attached hydrogen (secondary N) is 1. The van der Waals surface area contributed by atoms with Crippen LogP contribution >= 0.6 is 0 Å². The van der Waals surface area contributed by atoms with Gasteiger partial charge in [0.05, 0.1) is 18.7 Å². The summed E-state index contributed by atoms with van der Waals surface area (Å²) in [7, 11) is 1.66. The number of anilines is 1. The van der Waals surface area contributed by atoms with Gasteiger partial charge in [-0.1, -0.05) is 12.1 Å². The molecule has 4 rings (SSSR count). The van der Waals surface area contributed by atoms with Crippen molar-refractivity contribution in [2.24, 2.45) is 5.92 Å². The van der Waals surface area contributed by atoms with Gasteiger partial charge in [-0.05, 0) is 69.0 Å². The normalized spacial score (nSPS) is 16.1. The maximum atomic E-state index is 12.7. The SMILES string of the molecule is COc1ccc(CCNC(=O)C2CCCN(c3ccc(-n4nc(C)cc4C)nn3)C2)cc1. The molecule has 1 aliphatic rings. The smallest absolute Gasteiger partial charge is 0.224 e. The van der Waals surface area contributed by atoms with Crippen LogP contribution in [0, 0.1) is 19.8 Å². The summed E-state index contributed by atoms with van der Waals surface area (Å²) in [6.45, 7) is 6.12. The Bertz CT molecular complexity index is 1050. The van der Waals surface area contributed by atoms with E-state index in [1.54, 1.807) is 11.8 Å². The summed E-state index contributed by atoms with van der Waals surface area (Å²) in [5, 5.41) is 16.3. The van der Waals surface area contributed by atoms with Crippen molar-refractivity contribution in [3.05, 3.63) is 59.4 Å². The lowest BCUT2D eigenvalue weighted by Gasteiger charge is -2.32. The Kier molecular flexibility index (Phi) is 6.68. The Morgan fingerprint density at radius 3 is 2.53 bits per heavy atom. The molecule has 1 fully saturated rings. The number of rotatable bonds is 7. The number of aromatic nitrogens is 4. The first-order chi connectivity index (χ1) is 15.5. The van der Waals surface area contributed by atoms with E-state index in [0.717, 1.165) is 48.8 Å². The molecule has 8 heteroatoms. The number of aryl methyl sites for hydroxylation is 2. The average molecular weight is 435 g/mol. The van der Waals surface area contributed by atoms with Crippen molar-refractivity contribution in [2.45, 2.75) is 33.1 Å². The van der Waals surface area contributed by atoms with Gasteiger partial charge in [0.1, 0.15) is 5.75 Å². The van der Waals surface area contributed by atoms with E-state index in [1.807, 2.05) is 56.3 Å². The number of nitrogens with zero attached hydrogens (tertiary/aromatic N) is 5. The minimum Gasteiger partial charge on any atom is -0.497 e. The van der Waals surface area contributed by atoms with Gasteiger partial charge in [-0.25, -0.2) is 4.68 Å². The molecule has 3 aromatic rings. The highest BCUT2D eigenvalue weighted by Crippen LogP contribution is 2.22. The number of piperidine rings is 1. The standard InChI is InChI=1S/C24H30N6O2/c1-17-15-18(2)30(28-17)23-11-10-22(26-27-23)29-14-4-5-20(16-29)24(31)25-13-12-19-6-8-21(32-3)9-7-19/h6-11,15,20H,4-5,12-14,16H2,1-3H3,(H,25,31). The van der Waals surface area contributed by atoms with Crippen LogP contribution < -0.4 is 15.0 Å². The lowest BCUT2D eigenvalue weighted by molar-refractivity contribution is -0.125. The van der Waals surface area contributed by atoms with Crippen LogP contribution in [0.5, 0.6) is 5.75 Å². The molecule has 0 aliphatic carbocycles. The van der Waals surface area contributed by atoms with Crippen LogP contribution in [0.2, 0.25) is 0 Å². The lowest BCUT2D eigenvalue weighted by atomic mass is 9.97. The Labute approximate surface area is 188 Å². The van der Waals surface area contributed by atoms with Gasteiger partial charge < -0.3 is 15.0 Å². The monoisotopic (exact) mass is 434 g/mol. The van der Waals surface area contributed by atoms with Crippen molar-refractivity contribution >= 4 is 11.7 Å². The average Bonchev–Trinajstić information content (AvgIpc) is 3.17. The zero-order chi connectivity index (χ0) is 22.5. The van der Waals surface area contributed by atoms with Crippen LogP contribution in [-0.4, -0.2) is 52.6 Å². The molecule has 0 bridgehead atoms. The van der Waals surface area contributed by atoms with E-state index in [2.05, 4.69) is 25.5 Å². The van der Waals surface area contributed by atoms with E-state index in [4.69, 9.17) is 4.74 Å². The number of ether oxygens (including phenoxy) is 1. The molecule has 3 heterocycles. The first kappa shape index (κ1) is 21.8. The Morgan fingerprint density at radius 1 is 1.12 bits per heavy atom. The Morgan fingerprint density at radius 2 is 1.88 bits per heavy atom. The molecule has 0 saturated carbocycles. The highest BCUT2D eigenvalue weighted by Gasteiger charge is 2.26. The van der Waals surface area contributed by atoms with E-state index < -0.39 is 0 Å². The second-order valence-corrected chi connectivity index (χ2v) is 8.26. The van der Waals surface area contributed by atoms with Gasteiger partial charge in [0, 0.05) is 25.3 Å². The first-order valence-corrected chi connectivity index (χ1v) is 11.1. The molecule has 1 aliphatic heterocycles. The van der Waals surface area contributed by atoms with Crippen molar-refractivity contribution in [2.75, 3.05) is 31.6 Å². The van der Waals surface area contributed by atoms with Gasteiger partial charge in [-0.3, -0.25) is 4.79 Å². The highest BCUT2D eigenvalue weighted by atomic mass is 16.5. The summed E-state index contributed by atoms with van der Waals surface area (Å²) in [5.74, 6) is 2.40. The van der Waals surface area contributed by atoms with Crippen LogP contribution in [0.25, 0.3) is 5.82 Å². The lowest BCUT2D eigenvalue weighted by Crippen LogP contribution is -2.43. The third kappa shape index (κ3) is 5.07. The number of hydrogen-bond donors (Lipinski definition) is 1. The fourth-order valence-electron chi connectivity index (χ4n) is 4.13. The molecule has 1 N–H and O–H groups in total. The summed E-state index contributed by atoms with van der Waals surface area (Å²) >= 11 is 0. The van der Waals surface area contributed by atoms with Gasteiger partial charge in [0.2, 0.25) is 5.91 Å². The molecule has 168 valence electrons. The minimum absolute atomic E-state index is 0.0443. The predicted molar refractivity (Wildman–Crippen MR) is 123 cm³/mol. The third-order valence-electron chi connectivity index (χ3n) is 5.85. The van der Waals surface area contributed by atoms with Gasteiger partial charge in [-0.15, -0.1) is 10.2 Å². The first-order valence-electron chi connectivity index (χ1n) is 11.1. The summed E-state index contributed by atoms with van der Waals surface area (Å²) in [6, 6.07) is 13.8. The largest absolute Gasteiger partial charge is 0.497 e. The van der Waals surface area contributed by atoms with E-state index in [0.29, 0.717) is 18.9 Å². The van der Waals surface area contributed by atoms with Crippen molar-refractivity contribution in [1.29, 1.82) is 0 Å². The topological polar surface area (TPSA) is 85.2 Å². The number of carbonyl (C=O) groups excluding carboxylic acids is 1. The van der Waals surface area contributed by atoms with Gasteiger partial charge in [0.15, 0.2) is 11.6 Å². The van der Waals surface area contributed by atoms with E-state index in [-0.39, 0.29) is 11.8 Å². The van der Waals surface area contributed by atoms with Crippen LogP contribution in [0.3, 0.4) is 0 Å². The van der Waals surface area contributed by atoms with Crippen molar-refractivity contribution in [1.82, 2.24) is 25.3 Å². The molecule has 0 spiro atoms. The summed E-state index contributed by atoms with van der Waals surface area (Å²) in [6.07, 6.45) is 2.64. The maximum Gasteiger partial charge on any atom is 0.224 e. The third-order valence-corrected chi connectivity index (χ3v) is 5.85. The van der Waals surface area contributed by atoms with Crippen molar-refractivity contribution < 1.29 is 9.53 Å². The molecule has 0 radical (unpaired) electrons. The highest BCUT2D eigenvalue weighted by molar-refractivity contribution is 5.79. The molecular formula is C24H30N6O2. The quantitative estimate of drug-likeness (QED) is 0.616. The van der Waals surface area contributed by atoms with Crippen LogP contribution in [-0.2, 0) is 11.2 Å². The fourth-order valence-corrected chi connectivity index (χ4v) is 4.13. The summed E-state index contributed by atoms with van der Waals surface area (Å²) in [5.41, 5.74) is 3.15. The fraction of sp³-hybridized carbons (Fsp3) is 0.417. The van der Waals surface area contributed by atoms with Crippen molar-refractivity contribution in [3.8, 4) is 11.6 Å². The number of amides is 1. The molecule has 1 atom stereocenters. The van der Waals surface area contributed by atoms with Crippen LogP contribution in [0.15, 0.2) is 42.5 Å². The van der Waals surface area contributed by atoms with Crippen molar-refractivity contribution in [3.63, 3.8) is 0 Å². The number of benzene rings is 1. The Hall–Kier alpha value is -3.42. The summed E-state index contributed by atoms with van der Waals surface area (Å²) in [4.78, 5) is 14.9. The molecule has 32 heavy (non-hydrogen) atoms. The van der Waals surface area contributed by atoms with E-state index in [1.165, 1.54) is 5.56 Å². The predicted octanol–water partition coefficient (Wildman–Crippen LogP) is 2.86. The van der Waals surface area contributed by atoms with E-state index in [9.17, 15) is 4.79 Å². The number of hydrogen-bond acceptors (Lipinski definition) is 6. The zero-order valence-electron chi connectivity index (χ0n) is 18.9. The minimum atomic E-state index is -0.0443. The van der Waals surface area contributed by atoms with Gasteiger partial charge >= 0.3 is 0 Å². The number of methoxy groups -OCH3 is 1. The second kappa shape index (κ2) is 9.80. The zero-order valence-corrected chi connectivity index (χ0v) is 18.9. The molecule has 1 saturated heterocycles. The second-order valence-electron chi connectivity index (χ2n) is 8.26. The van der Waals surface area contributed by atoms with E-state index >= 15 is 0 Å². The van der Waals surface area contributed by atoms with Crippen LogP contribution in [0.4, 0.5) is 5.82 Å². The molecule has 8 nitrogen and oxygen atoms in total. The van der Waals surface area contributed by atoms with Gasteiger partial charge in [-0.2, -0.15) is 5.10 Å². The molecule has 1 aromatic carbocycles. The number of carbonyl (C=O) groups is 1. The molecule has 1 unspecified atom stereocenters. The Balaban J connectivity index is 1.31. The van der Waals surface area contributed by atoms with Gasteiger partial charge in [0.25, 0.3) is 0 Å².